The molecule has 0 bridgehead atoms. The van der Waals surface area contributed by atoms with Gasteiger partial charge in [-0.3, -0.25) is 9.59 Å². The zero-order valence-electron chi connectivity index (χ0n) is 16.4. The second-order valence-corrected chi connectivity index (χ2v) is 7.53. The average Bonchev–Trinajstić information content (AvgIpc) is 2.66. The SMILES string of the molecule is CN(C)CCCOc1ccc(CCNC(=O)C2CCCCC2C(=O)O)cc1. The van der Waals surface area contributed by atoms with Crippen LogP contribution in [0.25, 0.3) is 0 Å². The molecule has 150 valence electrons. The third kappa shape index (κ3) is 7.21. The average molecular weight is 376 g/mol. The van der Waals surface area contributed by atoms with Crippen molar-refractivity contribution in [3.63, 3.8) is 0 Å². The summed E-state index contributed by atoms with van der Waals surface area (Å²) in [5, 5.41) is 12.2. The maximum Gasteiger partial charge on any atom is 0.307 e. The van der Waals surface area contributed by atoms with E-state index in [1.807, 2.05) is 38.4 Å². The Bertz CT molecular complexity index is 601. The third-order valence-electron chi connectivity index (χ3n) is 5.07. The van der Waals surface area contributed by atoms with Crippen molar-refractivity contribution < 1.29 is 19.4 Å². The number of ether oxygens (including phenoxy) is 1. The Morgan fingerprint density at radius 1 is 1.15 bits per heavy atom. The highest BCUT2D eigenvalue weighted by atomic mass is 16.5. The second-order valence-electron chi connectivity index (χ2n) is 7.53. The van der Waals surface area contributed by atoms with Crippen molar-refractivity contribution in [3.8, 4) is 5.75 Å². The number of amides is 1. The van der Waals surface area contributed by atoms with E-state index in [9.17, 15) is 14.7 Å². The van der Waals surface area contributed by atoms with Crippen LogP contribution in [-0.4, -0.2) is 55.7 Å². The molecule has 0 heterocycles. The van der Waals surface area contributed by atoms with Crippen LogP contribution in [0.15, 0.2) is 24.3 Å². The zero-order valence-corrected chi connectivity index (χ0v) is 16.4. The molecule has 1 aromatic carbocycles. The predicted molar refractivity (Wildman–Crippen MR) is 105 cm³/mol. The first kappa shape index (κ1) is 21.2. The molecule has 6 heteroatoms. The first-order valence-corrected chi connectivity index (χ1v) is 9.84. The van der Waals surface area contributed by atoms with Gasteiger partial charge in [0.15, 0.2) is 0 Å². The van der Waals surface area contributed by atoms with Gasteiger partial charge in [-0.1, -0.05) is 25.0 Å². The first-order valence-electron chi connectivity index (χ1n) is 9.84. The Hall–Kier alpha value is -2.08. The molecule has 2 unspecified atom stereocenters. The van der Waals surface area contributed by atoms with Gasteiger partial charge in [0.2, 0.25) is 5.91 Å². The van der Waals surface area contributed by atoms with Crippen molar-refractivity contribution in [3.05, 3.63) is 29.8 Å². The van der Waals surface area contributed by atoms with Gasteiger partial charge >= 0.3 is 5.97 Å². The lowest BCUT2D eigenvalue weighted by Gasteiger charge is -2.27. The number of hydrogen-bond donors (Lipinski definition) is 2. The lowest BCUT2D eigenvalue weighted by molar-refractivity contribution is -0.148. The molecule has 0 saturated heterocycles. The van der Waals surface area contributed by atoms with E-state index in [1.165, 1.54) is 0 Å². The van der Waals surface area contributed by atoms with Crippen LogP contribution in [0.2, 0.25) is 0 Å². The highest BCUT2D eigenvalue weighted by Gasteiger charge is 2.35. The van der Waals surface area contributed by atoms with Crippen molar-refractivity contribution in [2.45, 2.75) is 38.5 Å². The van der Waals surface area contributed by atoms with Gasteiger partial charge in [0.25, 0.3) is 0 Å². The molecule has 1 aliphatic carbocycles. The Kier molecular flexibility index (Phi) is 8.58. The quantitative estimate of drug-likeness (QED) is 0.614. The molecule has 2 atom stereocenters. The summed E-state index contributed by atoms with van der Waals surface area (Å²) in [4.78, 5) is 25.8. The molecule has 2 rings (SSSR count). The van der Waals surface area contributed by atoms with Crippen molar-refractivity contribution >= 4 is 11.9 Å². The molecule has 1 aromatic rings. The molecule has 0 aromatic heterocycles. The number of carboxylic acids is 1. The van der Waals surface area contributed by atoms with Gasteiger partial charge < -0.3 is 20.1 Å². The second kappa shape index (κ2) is 10.9. The molecule has 0 radical (unpaired) electrons. The fourth-order valence-corrected chi connectivity index (χ4v) is 3.52. The van der Waals surface area contributed by atoms with Crippen LogP contribution in [0.5, 0.6) is 5.75 Å². The topological polar surface area (TPSA) is 78.9 Å². The molecule has 0 aliphatic heterocycles. The van der Waals surface area contributed by atoms with Crippen LogP contribution in [0.1, 0.15) is 37.7 Å². The highest BCUT2D eigenvalue weighted by molar-refractivity contribution is 5.84. The van der Waals surface area contributed by atoms with Crippen molar-refractivity contribution in [1.29, 1.82) is 0 Å². The van der Waals surface area contributed by atoms with E-state index in [0.717, 1.165) is 43.5 Å². The summed E-state index contributed by atoms with van der Waals surface area (Å²) >= 11 is 0. The summed E-state index contributed by atoms with van der Waals surface area (Å²) in [6.07, 6.45) is 4.80. The molecule has 6 nitrogen and oxygen atoms in total. The summed E-state index contributed by atoms with van der Waals surface area (Å²) in [5.74, 6) is -1.05. The minimum Gasteiger partial charge on any atom is -0.494 e. The molecule has 1 fully saturated rings. The van der Waals surface area contributed by atoms with E-state index in [1.54, 1.807) is 0 Å². The van der Waals surface area contributed by atoms with Crippen LogP contribution in [-0.2, 0) is 16.0 Å². The number of hydrogen-bond acceptors (Lipinski definition) is 4. The molecule has 1 saturated carbocycles. The molecule has 2 N–H and O–H groups in total. The van der Waals surface area contributed by atoms with Crippen LogP contribution in [0.3, 0.4) is 0 Å². The largest absolute Gasteiger partial charge is 0.494 e. The van der Waals surface area contributed by atoms with E-state index in [4.69, 9.17) is 4.74 Å². The minimum atomic E-state index is -0.851. The summed E-state index contributed by atoms with van der Waals surface area (Å²) in [6.45, 7) is 2.21. The fourth-order valence-electron chi connectivity index (χ4n) is 3.52. The van der Waals surface area contributed by atoms with Gasteiger partial charge in [0, 0.05) is 13.1 Å². The smallest absolute Gasteiger partial charge is 0.307 e. The number of benzene rings is 1. The van der Waals surface area contributed by atoms with E-state index in [-0.39, 0.29) is 5.91 Å². The standard InChI is InChI=1S/C21H32N2O4/c1-23(2)14-5-15-27-17-10-8-16(9-11-17)12-13-22-20(24)18-6-3-4-7-19(18)21(25)26/h8-11,18-19H,3-7,12-15H2,1-2H3,(H,22,24)(H,25,26). The van der Waals surface area contributed by atoms with Gasteiger partial charge in [0.1, 0.15) is 5.75 Å². The van der Waals surface area contributed by atoms with Crippen molar-refractivity contribution in [1.82, 2.24) is 10.2 Å². The van der Waals surface area contributed by atoms with E-state index >= 15 is 0 Å². The maximum atomic E-state index is 12.4. The van der Waals surface area contributed by atoms with E-state index in [0.29, 0.717) is 26.0 Å². The summed E-state index contributed by atoms with van der Waals surface area (Å²) in [7, 11) is 4.09. The highest BCUT2D eigenvalue weighted by Crippen LogP contribution is 2.30. The monoisotopic (exact) mass is 376 g/mol. The number of carboxylic acid groups (broad SMARTS) is 1. The molecular formula is C21H32N2O4. The lowest BCUT2D eigenvalue weighted by Crippen LogP contribution is -2.40. The van der Waals surface area contributed by atoms with Crippen molar-refractivity contribution in [2.75, 3.05) is 33.8 Å². The van der Waals surface area contributed by atoms with E-state index < -0.39 is 17.8 Å². The van der Waals surface area contributed by atoms with Gasteiger partial charge in [0.05, 0.1) is 18.4 Å². The number of nitrogens with one attached hydrogen (secondary N) is 1. The number of rotatable bonds is 10. The molecule has 0 spiro atoms. The zero-order chi connectivity index (χ0) is 19.6. The number of carbonyl (C=O) groups excluding carboxylic acids is 1. The number of aliphatic carboxylic acids is 1. The normalized spacial score (nSPS) is 19.7. The maximum absolute atomic E-state index is 12.4. The van der Waals surface area contributed by atoms with Crippen LogP contribution >= 0.6 is 0 Å². The Morgan fingerprint density at radius 2 is 1.81 bits per heavy atom. The fraction of sp³-hybridized carbons (Fsp3) is 0.619. The van der Waals surface area contributed by atoms with E-state index in [2.05, 4.69) is 10.2 Å². The molecular weight excluding hydrogens is 344 g/mol. The minimum absolute atomic E-state index is 0.122. The lowest BCUT2D eigenvalue weighted by atomic mass is 9.78. The first-order chi connectivity index (χ1) is 13.0. The summed E-state index contributed by atoms with van der Waals surface area (Å²) in [6, 6.07) is 7.92. The Morgan fingerprint density at radius 3 is 2.44 bits per heavy atom. The Labute approximate surface area is 161 Å². The van der Waals surface area contributed by atoms with Gasteiger partial charge in [-0.05, 0) is 57.5 Å². The molecule has 1 amide bonds. The van der Waals surface area contributed by atoms with Gasteiger partial charge in [-0.25, -0.2) is 0 Å². The van der Waals surface area contributed by atoms with Crippen LogP contribution in [0, 0.1) is 11.8 Å². The summed E-state index contributed by atoms with van der Waals surface area (Å²) < 4.78 is 5.72. The Balaban J connectivity index is 1.71. The third-order valence-corrected chi connectivity index (χ3v) is 5.07. The predicted octanol–water partition coefficient (Wildman–Crippen LogP) is 2.57. The van der Waals surface area contributed by atoms with Crippen molar-refractivity contribution in [2.24, 2.45) is 11.8 Å². The molecule has 1 aliphatic rings. The van der Waals surface area contributed by atoms with Gasteiger partial charge in [-0.15, -0.1) is 0 Å². The number of carbonyl (C=O) groups is 2. The summed E-state index contributed by atoms with van der Waals surface area (Å²) in [5.41, 5.74) is 1.12. The van der Waals surface area contributed by atoms with Crippen LogP contribution in [0.4, 0.5) is 0 Å². The van der Waals surface area contributed by atoms with Crippen LogP contribution < -0.4 is 10.1 Å². The number of nitrogens with zero attached hydrogens (tertiary/aromatic N) is 1. The molecule has 27 heavy (non-hydrogen) atoms. The van der Waals surface area contributed by atoms with Gasteiger partial charge in [-0.2, -0.15) is 0 Å².